The Balaban J connectivity index is 0.000000157. The lowest BCUT2D eigenvalue weighted by Gasteiger charge is -2.46. The highest BCUT2D eigenvalue weighted by molar-refractivity contribution is 7.15. The zero-order valence-corrected chi connectivity index (χ0v) is 26.1. The second-order valence-electron chi connectivity index (χ2n) is 12.7. The Morgan fingerprint density at radius 1 is 1.00 bits per heavy atom. The predicted octanol–water partition coefficient (Wildman–Crippen LogP) is 5.45. The number of thiazole rings is 1. The number of rotatable bonds is 0. The number of amides is 1. The number of carbonyl (C=O) groups is 2. The smallest absolute Gasteiger partial charge is 0.410 e. The maximum absolute atomic E-state index is 12.6. The summed E-state index contributed by atoms with van der Waals surface area (Å²) in [5, 5.41) is 4.54. The second kappa shape index (κ2) is 11.2. The fourth-order valence-electron chi connectivity index (χ4n) is 6.35. The Kier molecular flexibility index (Phi) is 7.73. The molecule has 2 saturated heterocycles. The summed E-state index contributed by atoms with van der Waals surface area (Å²) < 4.78 is 18.0. The Morgan fingerprint density at radius 3 is 2.26 bits per heavy atom. The molecule has 2 aromatic carbocycles. The minimum absolute atomic E-state index is 0.0948. The van der Waals surface area contributed by atoms with Gasteiger partial charge in [0.15, 0.2) is 11.4 Å². The van der Waals surface area contributed by atoms with E-state index in [9.17, 15) is 9.59 Å². The number of aryl methyl sites for hydroxylation is 1. The van der Waals surface area contributed by atoms with Crippen LogP contribution in [0.2, 0.25) is 0 Å². The third kappa shape index (κ3) is 5.63. The molecule has 10 heteroatoms. The van der Waals surface area contributed by atoms with Crippen LogP contribution in [0, 0.1) is 6.92 Å². The van der Waals surface area contributed by atoms with Crippen LogP contribution in [-0.2, 0) is 10.3 Å². The van der Waals surface area contributed by atoms with Crippen molar-refractivity contribution in [3.05, 3.63) is 64.8 Å². The number of aromatic nitrogens is 1. The summed E-state index contributed by atoms with van der Waals surface area (Å²) in [7, 11) is 0. The van der Waals surface area contributed by atoms with Gasteiger partial charge in [0.05, 0.1) is 15.4 Å². The molecule has 4 aliphatic rings. The number of para-hydroxylation sites is 2. The molecule has 0 aliphatic carbocycles. The fraction of sp³-hybridized carbons (Fsp3) is 0.485. The number of benzene rings is 2. The Bertz CT molecular complexity index is 1520. The minimum Gasteiger partial charge on any atom is -0.484 e. The summed E-state index contributed by atoms with van der Waals surface area (Å²) in [5.41, 5.74) is 7.63. The van der Waals surface area contributed by atoms with Gasteiger partial charge in [-0.05, 0) is 65.0 Å². The molecule has 9 nitrogen and oxygen atoms in total. The Labute approximate surface area is 256 Å². The summed E-state index contributed by atoms with van der Waals surface area (Å²) in [6.45, 7) is 10.5. The van der Waals surface area contributed by atoms with E-state index in [2.05, 4.69) is 30.4 Å². The molecule has 2 fully saturated rings. The summed E-state index contributed by atoms with van der Waals surface area (Å²) in [6, 6.07) is 14.8. The molecule has 4 aliphatic heterocycles. The van der Waals surface area contributed by atoms with Crippen LogP contribution >= 0.6 is 11.3 Å². The van der Waals surface area contributed by atoms with Crippen molar-refractivity contribution in [1.82, 2.24) is 15.2 Å². The third-order valence-electron chi connectivity index (χ3n) is 8.59. The molecule has 0 saturated carbocycles. The predicted molar refractivity (Wildman–Crippen MR) is 166 cm³/mol. The minimum atomic E-state index is -0.746. The number of fused-ring (bicyclic) bond motifs is 5. The summed E-state index contributed by atoms with van der Waals surface area (Å²) in [5.74, 6) is 1.50. The number of carbonyl (C=O) groups excluding carboxylic acids is 2. The van der Waals surface area contributed by atoms with Gasteiger partial charge in [-0.2, -0.15) is 0 Å². The van der Waals surface area contributed by atoms with Crippen LogP contribution in [0.3, 0.4) is 0 Å². The van der Waals surface area contributed by atoms with Gasteiger partial charge in [-0.3, -0.25) is 4.79 Å². The maximum Gasteiger partial charge on any atom is 0.410 e. The van der Waals surface area contributed by atoms with E-state index in [4.69, 9.17) is 24.9 Å². The normalized spacial score (nSPS) is 21.4. The number of Topliss-reactive ketones (excluding diaryl/α,β-unsaturated/α-hetero) is 1. The van der Waals surface area contributed by atoms with Crippen LogP contribution in [0.4, 0.5) is 4.79 Å². The van der Waals surface area contributed by atoms with Crippen molar-refractivity contribution >= 4 is 23.2 Å². The van der Waals surface area contributed by atoms with Crippen LogP contribution in [0.1, 0.15) is 67.5 Å². The molecule has 1 amide bonds. The van der Waals surface area contributed by atoms with Crippen LogP contribution in [0.15, 0.2) is 48.5 Å². The lowest BCUT2D eigenvalue weighted by Crippen LogP contribution is -2.63. The Hall–Kier alpha value is -3.47. The number of nitrogens with one attached hydrogen (secondary N) is 1. The van der Waals surface area contributed by atoms with E-state index in [1.165, 1.54) is 10.4 Å². The van der Waals surface area contributed by atoms with E-state index in [0.29, 0.717) is 37.2 Å². The highest BCUT2D eigenvalue weighted by Gasteiger charge is 2.50. The van der Waals surface area contributed by atoms with E-state index in [1.54, 1.807) is 34.4 Å². The highest BCUT2D eigenvalue weighted by Crippen LogP contribution is 2.50. The van der Waals surface area contributed by atoms with E-state index in [0.717, 1.165) is 42.4 Å². The molecule has 0 radical (unpaired) electrons. The first kappa shape index (κ1) is 29.6. The van der Waals surface area contributed by atoms with Gasteiger partial charge >= 0.3 is 6.09 Å². The highest BCUT2D eigenvalue weighted by atomic mass is 32.1. The average Bonchev–Trinajstić information content (AvgIpc) is 3.39. The Morgan fingerprint density at radius 2 is 1.60 bits per heavy atom. The van der Waals surface area contributed by atoms with Crippen molar-refractivity contribution < 1.29 is 23.8 Å². The molecule has 1 unspecified atom stereocenters. The number of hydrogen-bond acceptors (Lipinski definition) is 9. The van der Waals surface area contributed by atoms with Gasteiger partial charge in [0.1, 0.15) is 34.4 Å². The summed E-state index contributed by atoms with van der Waals surface area (Å²) in [4.78, 5) is 32.5. The van der Waals surface area contributed by atoms with Gasteiger partial charge < -0.3 is 30.2 Å². The maximum atomic E-state index is 12.6. The number of nitrogens with zero attached hydrogens (tertiary/aromatic N) is 2. The molecular weight excluding hydrogens is 564 g/mol. The van der Waals surface area contributed by atoms with E-state index in [-0.39, 0.29) is 17.5 Å². The van der Waals surface area contributed by atoms with Gasteiger partial charge in [-0.1, -0.05) is 24.3 Å². The van der Waals surface area contributed by atoms with E-state index < -0.39 is 17.2 Å². The standard InChI is InChI=1S/C18H24N2O4.C15H16N2OS/c1-17(2,3)24-16(22)20-10-8-18(9-11-20)15(19)14(21)12-6-4-5-7-13(12)23-18;1-10-17-14-13(19-10)11-4-2-3-5-12(11)18-15(14)6-8-16-9-7-15/h4-7,15H,8-11,19H2,1-3H3;2-5,16H,6-9H2,1H3. The molecule has 3 N–H and O–H groups in total. The first-order chi connectivity index (χ1) is 20.5. The van der Waals surface area contributed by atoms with Crippen molar-refractivity contribution in [1.29, 1.82) is 0 Å². The average molecular weight is 605 g/mol. The monoisotopic (exact) mass is 604 g/mol. The molecule has 1 atom stereocenters. The SMILES string of the molecule is CC(C)(C)OC(=O)N1CCC2(CC1)Oc1ccccc1C(=O)C2N.Cc1nc2c(s1)-c1ccccc1OC21CCNCC1. The number of likely N-dealkylation sites (tertiary alicyclic amines) is 1. The molecule has 7 rings (SSSR count). The topological polar surface area (TPSA) is 116 Å². The first-order valence-corrected chi connectivity index (χ1v) is 15.8. The quantitative estimate of drug-likeness (QED) is 0.348. The van der Waals surface area contributed by atoms with Crippen molar-refractivity contribution in [3.8, 4) is 21.9 Å². The number of ether oxygens (including phenoxy) is 3. The summed E-state index contributed by atoms with van der Waals surface area (Å²) in [6.07, 6.45) is 2.67. The molecule has 228 valence electrons. The van der Waals surface area contributed by atoms with Crippen LogP contribution in [0.25, 0.3) is 10.4 Å². The van der Waals surface area contributed by atoms with Gasteiger partial charge in [0, 0.05) is 44.3 Å². The van der Waals surface area contributed by atoms with Crippen LogP contribution in [0.5, 0.6) is 11.5 Å². The van der Waals surface area contributed by atoms with Gasteiger partial charge in [0.2, 0.25) is 0 Å². The van der Waals surface area contributed by atoms with Crippen LogP contribution in [-0.4, -0.2) is 65.2 Å². The fourth-order valence-corrected chi connectivity index (χ4v) is 7.38. The van der Waals surface area contributed by atoms with Crippen molar-refractivity contribution in [2.75, 3.05) is 26.2 Å². The summed E-state index contributed by atoms with van der Waals surface area (Å²) >= 11 is 1.79. The largest absolute Gasteiger partial charge is 0.484 e. The first-order valence-electron chi connectivity index (χ1n) is 15.0. The molecule has 3 aromatic rings. The number of piperidine rings is 2. The number of ketones is 1. The number of hydrogen-bond donors (Lipinski definition) is 2. The lowest BCUT2D eigenvalue weighted by molar-refractivity contribution is -0.0308. The second-order valence-corrected chi connectivity index (χ2v) is 13.9. The third-order valence-corrected chi connectivity index (χ3v) is 9.59. The molecule has 43 heavy (non-hydrogen) atoms. The van der Waals surface area contributed by atoms with Crippen LogP contribution < -0.4 is 20.5 Å². The van der Waals surface area contributed by atoms with Crippen molar-refractivity contribution in [2.45, 2.75) is 76.2 Å². The van der Waals surface area contributed by atoms with Gasteiger partial charge in [-0.25, -0.2) is 9.78 Å². The molecule has 5 heterocycles. The van der Waals surface area contributed by atoms with E-state index >= 15 is 0 Å². The van der Waals surface area contributed by atoms with Crippen molar-refractivity contribution in [2.24, 2.45) is 5.73 Å². The lowest BCUT2D eigenvalue weighted by atomic mass is 9.78. The van der Waals surface area contributed by atoms with Crippen molar-refractivity contribution in [3.63, 3.8) is 0 Å². The van der Waals surface area contributed by atoms with Gasteiger partial charge in [-0.15, -0.1) is 11.3 Å². The molecular formula is C33H40N4O5S. The molecule has 0 bridgehead atoms. The van der Waals surface area contributed by atoms with Gasteiger partial charge in [0.25, 0.3) is 0 Å². The molecule has 1 aromatic heterocycles. The number of nitrogens with two attached hydrogens (primary N) is 1. The molecule has 2 spiro atoms. The van der Waals surface area contributed by atoms with E-state index in [1.807, 2.05) is 32.9 Å². The zero-order chi connectivity index (χ0) is 30.4. The zero-order valence-electron chi connectivity index (χ0n) is 25.3.